The highest BCUT2D eigenvalue weighted by Gasteiger charge is 2.22. The number of rotatable bonds is 7. The number of methoxy groups -OCH3 is 1. The predicted molar refractivity (Wildman–Crippen MR) is 135 cm³/mol. The zero-order valence-electron chi connectivity index (χ0n) is 20.5. The molecular formula is C25H26N8O3. The minimum Gasteiger partial charge on any atom is -0.361 e. The van der Waals surface area contributed by atoms with E-state index in [4.69, 9.17) is 4.74 Å². The van der Waals surface area contributed by atoms with E-state index in [0.29, 0.717) is 29.4 Å². The summed E-state index contributed by atoms with van der Waals surface area (Å²) >= 11 is 0. The summed E-state index contributed by atoms with van der Waals surface area (Å²) in [6.07, 6.45) is -0.570. The monoisotopic (exact) mass is 486 g/mol. The molecule has 5 rings (SSSR count). The molecule has 0 radical (unpaired) electrons. The number of hydrogen-bond acceptors (Lipinski definition) is 7. The molecule has 0 spiro atoms. The fourth-order valence-electron chi connectivity index (χ4n) is 4.45. The predicted octanol–water partition coefficient (Wildman–Crippen LogP) is 2.75. The highest BCUT2D eigenvalue weighted by Crippen LogP contribution is 2.30. The number of aryl methyl sites for hydroxylation is 1. The van der Waals surface area contributed by atoms with Crippen LogP contribution in [0.4, 0.5) is 0 Å². The molecule has 11 heteroatoms. The Morgan fingerprint density at radius 1 is 1.03 bits per heavy atom. The Labute approximate surface area is 206 Å². The second-order valence-corrected chi connectivity index (χ2v) is 8.43. The Bertz CT molecular complexity index is 1650. The lowest BCUT2D eigenvalue weighted by atomic mass is 9.98. The van der Waals surface area contributed by atoms with E-state index in [0.717, 1.165) is 22.3 Å². The van der Waals surface area contributed by atoms with Crippen molar-refractivity contribution in [2.24, 2.45) is 0 Å². The number of ether oxygens (including phenoxy) is 1. The smallest absolute Gasteiger partial charge is 0.334 e. The molecule has 11 nitrogen and oxygen atoms in total. The summed E-state index contributed by atoms with van der Waals surface area (Å²) in [6, 6.07) is 15.9. The van der Waals surface area contributed by atoms with Crippen molar-refractivity contribution in [3.05, 3.63) is 80.8 Å². The molecule has 3 heterocycles. The molecule has 36 heavy (non-hydrogen) atoms. The molecule has 0 bridgehead atoms. The quantitative estimate of drug-likeness (QED) is 0.375. The van der Waals surface area contributed by atoms with Gasteiger partial charge in [0.15, 0.2) is 11.2 Å². The van der Waals surface area contributed by atoms with Gasteiger partial charge in [0.25, 0.3) is 5.56 Å². The summed E-state index contributed by atoms with van der Waals surface area (Å²) in [5.41, 5.74) is 3.76. The highest BCUT2D eigenvalue weighted by molar-refractivity contribution is 5.80. The van der Waals surface area contributed by atoms with E-state index in [9.17, 15) is 9.59 Å². The maximum Gasteiger partial charge on any atom is 0.334 e. The Hall–Kier alpha value is -4.38. The van der Waals surface area contributed by atoms with Crippen molar-refractivity contribution in [1.29, 1.82) is 0 Å². The molecule has 0 fully saturated rings. The van der Waals surface area contributed by atoms with E-state index in [-0.39, 0.29) is 12.1 Å². The maximum absolute atomic E-state index is 13.3. The van der Waals surface area contributed by atoms with E-state index >= 15 is 0 Å². The lowest BCUT2D eigenvalue weighted by Crippen LogP contribution is -2.41. The summed E-state index contributed by atoms with van der Waals surface area (Å²) in [5, 5.41) is 14.4. The average molecular weight is 487 g/mol. The second kappa shape index (κ2) is 9.34. The Morgan fingerprint density at radius 2 is 1.75 bits per heavy atom. The first-order chi connectivity index (χ1) is 17.4. The first kappa shape index (κ1) is 23.4. The number of nitrogens with one attached hydrogen (secondary N) is 1. The van der Waals surface area contributed by atoms with Crippen molar-refractivity contribution in [3.8, 4) is 22.5 Å². The number of hydrogen-bond donors (Lipinski definition) is 1. The van der Waals surface area contributed by atoms with Crippen LogP contribution in [-0.2, 0) is 17.8 Å². The van der Waals surface area contributed by atoms with E-state index in [1.165, 1.54) is 16.2 Å². The van der Waals surface area contributed by atoms with Gasteiger partial charge in [-0.2, -0.15) is 5.21 Å². The third-order valence-corrected chi connectivity index (χ3v) is 6.39. The van der Waals surface area contributed by atoms with Crippen molar-refractivity contribution in [1.82, 2.24) is 39.3 Å². The number of benzene rings is 2. The summed E-state index contributed by atoms with van der Waals surface area (Å²) in [6.45, 7) is 6.04. The normalized spacial score (nSPS) is 12.3. The molecule has 1 unspecified atom stereocenters. The molecule has 0 aliphatic rings. The number of tetrazole rings is 1. The van der Waals surface area contributed by atoms with Crippen LogP contribution >= 0.6 is 0 Å². The molecule has 0 saturated heterocycles. The van der Waals surface area contributed by atoms with Crippen LogP contribution in [0.2, 0.25) is 0 Å². The minimum absolute atomic E-state index is 0.253. The van der Waals surface area contributed by atoms with E-state index in [1.807, 2.05) is 60.0 Å². The van der Waals surface area contributed by atoms with Crippen molar-refractivity contribution < 1.29 is 4.74 Å². The molecule has 1 atom stereocenters. The van der Waals surface area contributed by atoms with E-state index in [2.05, 4.69) is 25.6 Å². The summed E-state index contributed by atoms with van der Waals surface area (Å²) in [5.74, 6) is 1.16. The minimum atomic E-state index is -0.570. The van der Waals surface area contributed by atoms with Gasteiger partial charge in [0.05, 0.1) is 0 Å². The van der Waals surface area contributed by atoms with Crippen molar-refractivity contribution in [2.45, 2.75) is 40.1 Å². The average Bonchev–Trinajstić information content (AvgIpc) is 3.53. The van der Waals surface area contributed by atoms with Gasteiger partial charge in [-0.25, -0.2) is 14.3 Å². The molecule has 0 aliphatic carbocycles. The lowest BCUT2D eigenvalue weighted by Gasteiger charge is -2.16. The van der Waals surface area contributed by atoms with Gasteiger partial charge in [0.2, 0.25) is 5.82 Å². The van der Waals surface area contributed by atoms with E-state index in [1.54, 1.807) is 13.8 Å². The molecule has 0 aliphatic heterocycles. The van der Waals surface area contributed by atoms with Gasteiger partial charge in [0.1, 0.15) is 12.1 Å². The Morgan fingerprint density at radius 3 is 2.39 bits per heavy atom. The molecule has 2 aromatic carbocycles. The van der Waals surface area contributed by atoms with Crippen molar-refractivity contribution >= 4 is 11.2 Å². The Kier molecular flexibility index (Phi) is 6.06. The molecule has 0 saturated carbocycles. The standard InChI is InChI=1S/C25H26N8O3/c1-5-31-24(34)21-23(33(25(31)35)16(3)36-4)26-15(2)32(21)14-17-10-12-18(13-11-17)19-8-6-7-9-20(19)22-27-29-30-28-22/h6-13,16H,5,14H2,1-4H3,(H,27,28,29,30). The third kappa shape index (κ3) is 3.83. The zero-order chi connectivity index (χ0) is 25.4. The summed E-state index contributed by atoms with van der Waals surface area (Å²) < 4.78 is 9.91. The van der Waals surface area contributed by atoms with Gasteiger partial charge >= 0.3 is 5.69 Å². The fraction of sp³-hybridized carbons (Fsp3) is 0.280. The zero-order valence-corrected chi connectivity index (χ0v) is 20.5. The first-order valence-electron chi connectivity index (χ1n) is 11.6. The van der Waals surface area contributed by atoms with Gasteiger partial charge < -0.3 is 9.30 Å². The molecule has 1 N–H and O–H groups in total. The van der Waals surface area contributed by atoms with Gasteiger partial charge in [-0.05, 0) is 42.7 Å². The summed E-state index contributed by atoms with van der Waals surface area (Å²) in [4.78, 5) is 30.9. The van der Waals surface area contributed by atoms with Crippen LogP contribution in [0.25, 0.3) is 33.7 Å². The van der Waals surface area contributed by atoms with Crippen LogP contribution in [0, 0.1) is 6.92 Å². The molecule has 3 aromatic heterocycles. The highest BCUT2D eigenvalue weighted by atomic mass is 16.5. The van der Waals surface area contributed by atoms with Crippen LogP contribution in [-0.4, -0.2) is 46.4 Å². The number of H-pyrrole nitrogens is 1. The molecule has 0 amide bonds. The number of imidazole rings is 1. The topological polar surface area (TPSA) is 126 Å². The van der Waals surface area contributed by atoms with Gasteiger partial charge in [-0.15, -0.1) is 10.2 Å². The van der Waals surface area contributed by atoms with Gasteiger partial charge in [0, 0.05) is 25.8 Å². The van der Waals surface area contributed by atoms with Crippen LogP contribution < -0.4 is 11.2 Å². The first-order valence-corrected chi connectivity index (χ1v) is 11.6. The van der Waals surface area contributed by atoms with Crippen LogP contribution in [0.5, 0.6) is 0 Å². The number of aromatic nitrogens is 8. The number of nitrogens with zero attached hydrogens (tertiary/aromatic N) is 7. The fourth-order valence-corrected chi connectivity index (χ4v) is 4.45. The van der Waals surface area contributed by atoms with E-state index < -0.39 is 11.9 Å². The van der Waals surface area contributed by atoms with Crippen LogP contribution in [0.3, 0.4) is 0 Å². The second-order valence-electron chi connectivity index (χ2n) is 8.43. The summed E-state index contributed by atoms with van der Waals surface area (Å²) in [7, 11) is 1.52. The van der Waals surface area contributed by atoms with Crippen LogP contribution in [0.15, 0.2) is 58.1 Å². The third-order valence-electron chi connectivity index (χ3n) is 6.39. The maximum atomic E-state index is 13.3. The lowest BCUT2D eigenvalue weighted by molar-refractivity contribution is 0.0586. The molecule has 184 valence electrons. The van der Waals surface area contributed by atoms with Crippen molar-refractivity contribution in [3.63, 3.8) is 0 Å². The van der Waals surface area contributed by atoms with Gasteiger partial charge in [-0.3, -0.25) is 9.36 Å². The van der Waals surface area contributed by atoms with Gasteiger partial charge in [-0.1, -0.05) is 48.5 Å². The molecular weight excluding hydrogens is 460 g/mol. The largest absolute Gasteiger partial charge is 0.361 e. The Balaban J connectivity index is 1.57. The van der Waals surface area contributed by atoms with Crippen molar-refractivity contribution in [2.75, 3.05) is 7.11 Å². The number of fused-ring (bicyclic) bond motifs is 1. The number of aromatic amines is 1. The SMILES string of the molecule is CCn1c(=O)c2c(nc(C)n2Cc2ccc(-c3ccccc3-c3nn[nH]n3)cc2)n(C(C)OC)c1=O. The van der Waals surface area contributed by atoms with Crippen LogP contribution in [0.1, 0.15) is 31.5 Å². The molecule has 5 aromatic rings.